The van der Waals surface area contributed by atoms with Crippen LogP contribution >= 0.6 is 0 Å². The molecule has 2 amide bonds. The van der Waals surface area contributed by atoms with Crippen molar-refractivity contribution in [3.63, 3.8) is 0 Å². The summed E-state index contributed by atoms with van der Waals surface area (Å²) < 4.78 is 0. The summed E-state index contributed by atoms with van der Waals surface area (Å²) in [5.74, 6) is 0. The van der Waals surface area contributed by atoms with E-state index in [0.717, 1.165) is 0 Å². The summed E-state index contributed by atoms with van der Waals surface area (Å²) >= 11 is 0. The largest absolute Gasteiger partial charge is 0.338 e. The molecule has 0 aliphatic rings. The standard InChI is InChI=1S/C7H13N3O/c1-3-9-7(11)10-6(2)4-5-8/h6H,3-4H2,1-2H3,(H2,9,10,11). The number of hydrogen-bond donors (Lipinski definition) is 2. The Hall–Kier alpha value is -1.24. The number of amides is 2. The summed E-state index contributed by atoms with van der Waals surface area (Å²) in [4.78, 5) is 10.8. The molecule has 11 heavy (non-hydrogen) atoms. The van der Waals surface area contributed by atoms with Gasteiger partial charge in [-0.15, -0.1) is 0 Å². The van der Waals surface area contributed by atoms with Gasteiger partial charge in [0.2, 0.25) is 0 Å². The number of nitrogens with one attached hydrogen (secondary N) is 2. The van der Waals surface area contributed by atoms with E-state index in [1.54, 1.807) is 6.92 Å². The van der Waals surface area contributed by atoms with Crippen LogP contribution in [0.5, 0.6) is 0 Å². The lowest BCUT2D eigenvalue weighted by atomic mass is 10.3. The van der Waals surface area contributed by atoms with Crippen molar-refractivity contribution in [3.05, 3.63) is 0 Å². The SMILES string of the molecule is CCNC(=O)NC(C)CC#N. The fraction of sp³-hybridized carbons (Fsp3) is 0.714. The molecule has 0 aliphatic heterocycles. The van der Waals surface area contributed by atoms with Gasteiger partial charge in [-0.1, -0.05) is 0 Å². The summed E-state index contributed by atoms with van der Waals surface area (Å²) in [6, 6.07) is 1.68. The van der Waals surface area contributed by atoms with Crippen LogP contribution in [-0.4, -0.2) is 18.6 Å². The number of hydrogen-bond acceptors (Lipinski definition) is 2. The molecule has 0 rings (SSSR count). The van der Waals surface area contributed by atoms with Crippen LogP contribution in [0.3, 0.4) is 0 Å². The molecule has 0 radical (unpaired) electrons. The zero-order valence-corrected chi connectivity index (χ0v) is 6.85. The Morgan fingerprint density at radius 3 is 2.82 bits per heavy atom. The van der Waals surface area contributed by atoms with E-state index in [1.165, 1.54) is 0 Å². The normalized spacial score (nSPS) is 11.4. The van der Waals surface area contributed by atoms with Crippen LogP contribution in [0, 0.1) is 11.3 Å². The van der Waals surface area contributed by atoms with Crippen LogP contribution in [0.15, 0.2) is 0 Å². The third-order valence-electron chi connectivity index (χ3n) is 1.11. The van der Waals surface area contributed by atoms with Gasteiger partial charge in [0, 0.05) is 12.6 Å². The predicted molar refractivity (Wildman–Crippen MR) is 41.9 cm³/mol. The summed E-state index contributed by atoms with van der Waals surface area (Å²) in [5, 5.41) is 13.4. The third kappa shape index (κ3) is 5.22. The molecule has 0 heterocycles. The van der Waals surface area contributed by atoms with E-state index in [-0.39, 0.29) is 12.1 Å². The molecular weight excluding hydrogens is 142 g/mol. The number of carbonyl (C=O) groups is 1. The van der Waals surface area contributed by atoms with E-state index in [0.29, 0.717) is 13.0 Å². The van der Waals surface area contributed by atoms with Crippen molar-refractivity contribution in [3.8, 4) is 6.07 Å². The van der Waals surface area contributed by atoms with Crippen LogP contribution in [0.1, 0.15) is 20.3 Å². The predicted octanol–water partition coefficient (Wildman–Crippen LogP) is 0.608. The molecule has 4 nitrogen and oxygen atoms in total. The van der Waals surface area contributed by atoms with Gasteiger partial charge < -0.3 is 10.6 Å². The molecule has 0 saturated carbocycles. The molecule has 0 aliphatic carbocycles. The second-order valence-electron chi connectivity index (χ2n) is 2.27. The molecule has 62 valence electrons. The van der Waals surface area contributed by atoms with Gasteiger partial charge in [-0.3, -0.25) is 0 Å². The Balaban J connectivity index is 3.50. The van der Waals surface area contributed by atoms with Crippen molar-refractivity contribution in [2.45, 2.75) is 26.3 Å². The van der Waals surface area contributed by atoms with E-state index in [9.17, 15) is 4.79 Å². The zero-order valence-electron chi connectivity index (χ0n) is 6.85. The second kappa shape index (κ2) is 5.54. The van der Waals surface area contributed by atoms with E-state index in [4.69, 9.17) is 5.26 Å². The fourth-order valence-electron chi connectivity index (χ4n) is 0.623. The Labute approximate surface area is 66.6 Å². The summed E-state index contributed by atoms with van der Waals surface area (Å²) in [6.45, 7) is 4.23. The van der Waals surface area contributed by atoms with Gasteiger partial charge in [-0.05, 0) is 13.8 Å². The minimum atomic E-state index is -0.213. The van der Waals surface area contributed by atoms with E-state index in [2.05, 4.69) is 10.6 Å². The molecule has 0 aromatic carbocycles. The fourth-order valence-corrected chi connectivity index (χ4v) is 0.623. The summed E-state index contributed by atoms with van der Waals surface area (Å²) in [7, 11) is 0. The second-order valence-corrected chi connectivity index (χ2v) is 2.27. The third-order valence-corrected chi connectivity index (χ3v) is 1.11. The van der Waals surface area contributed by atoms with E-state index < -0.39 is 0 Å². The molecule has 0 bridgehead atoms. The van der Waals surface area contributed by atoms with Crippen molar-refractivity contribution in [1.29, 1.82) is 5.26 Å². The van der Waals surface area contributed by atoms with Gasteiger partial charge in [-0.2, -0.15) is 5.26 Å². The monoisotopic (exact) mass is 155 g/mol. The maximum absolute atomic E-state index is 10.8. The van der Waals surface area contributed by atoms with Crippen LogP contribution in [-0.2, 0) is 0 Å². The van der Waals surface area contributed by atoms with Crippen LogP contribution in [0.25, 0.3) is 0 Å². The van der Waals surface area contributed by atoms with Crippen LogP contribution < -0.4 is 10.6 Å². The summed E-state index contributed by atoms with van der Waals surface area (Å²) in [5.41, 5.74) is 0. The smallest absolute Gasteiger partial charge is 0.315 e. The number of nitrogens with zero attached hydrogens (tertiary/aromatic N) is 1. The van der Waals surface area contributed by atoms with Crippen LogP contribution in [0.2, 0.25) is 0 Å². The Kier molecular flexibility index (Phi) is 4.91. The maximum Gasteiger partial charge on any atom is 0.315 e. The van der Waals surface area contributed by atoms with Crippen molar-refractivity contribution < 1.29 is 4.79 Å². The Bertz CT molecular complexity index is 162. The quantitative estimate of drug-likeness (QED) is 0.627. The molecule has 0 saturated heterocycles. The summed E-state index contributed by atoms with van der Waals surface area (Å²) in [6.07, 6.45) is 0.344. The lowest BCUT2D eigenvalue weighted by molar-refractivity contribution is 0.238. The number of carbonyl (C=O) groups excluding carboxylic acids is 1. The van der Waals surface area contributed by atoms with E-state index in [1.807, 2.05) is 13.0 Å². The lowest BCUT2D eigenvalue weighted by Crippen LogP contribution is -2.40. The number of nitriles is 1. The first-order chi connectivity index (χ1) is 5.20. The lowest BCUT2D eigenvalue weighted by Gasteiger charge is -2.09. The van der Waals surface area contributed by atoms with Crippen molar-refractivity contribution in [2.24, 2.45) is 0 Å². The Morgan fingerprint density at radius 2 is 2.36 bits per heavy atom. The highest BCUT2D eigenvalue weighted by molar-refractivity contribution is 5.74. The highest BCUT2D eigenvalue weighted by atomic mass is 16.2. The highest BCUT2D eigenvalue weighted by Crippen LogP contribution is 1.86. The molecule has 4 heteroatoms. The van der Waals surface area contributed by atoms with Gasteiger partial charge >= 0.3 is 6.03 Å². The molecule has 0 fully saturated rings. The molecule has 1 unspecified atom stereocenters. The van der Waals surface area contributed by atoms with Gasteiger partial charge in [-0.25, -0.2) is 4.79 Å². The minimum absolute atomic E-state index is 0.0773. The van der Waals surface area contributed by atoms with Gasteiger partial charge in [0.05, 0.1) is 12.5 Å². The maximum atomic E-state index is 10.8. The highest BCUT2D eigenvalue weighted by Gasteiger charge is 2.03. The van der Waals surface area contributed by atoms with Gasteiger partial charge in [0.1, 0.15) is 0 Å². The molecule has 1 atom stereocenters. The topological polar surface area (TPSA) is 64.9 Å². The first-order valence-electron chi connectivity index (χ1n) is 3.62. The average Bonchev–Trinajstić information content (AvgIpc) is 1.87. The molecule has 2 N–H and O–H groups in total. The van der Waals surface area contributed by atoms with Gasteiger partial charge in [0.15, 0.2) is 0 Å². The molecular formula is C7H13N3O. The number of rotatable bonds is 3. The van der Waals surface area contributed by atoms with E-state index >= 15 is 0 Å². The average molecular weight is 155 g/mol. The van der Waals surface area contributed by atoms with Crippen molar-refractivity contribution in [1.82, 2.24) is 10.6 Å². The first-order valence-corrected chi connectivity index (χ1v) is 3.62. The molecule has 0 aromatic heterocycles. The Morgan fingerprint density at radius 1 is 1.73 bits per heavy atom. The molecule has 0 aromatic rings. The first kappa shape index (κ1) is 9.76. The minimum Gasteiger partial charge on any atom is -0.338 e. The zero-order chi connectivity index (χ0) is 8.69. The van der Waals surface area contributed by atoms with Gasteiger partial charge in [0.25, 0.3) is 0 Å². The van der Waals surface area contributed by atoms with Crippen molar-refractivity contribution in [2.75, 3.05) is 6.54 Å². The van der Waals surface area contributed by atoms with Crippen molar-refractivity contribution >= 4 is 6.03 Å². The molecule has 0 spiro atoms. The van der Waals surface area contributed by atoms with Crippen LogP contribution in [0.4, 0.5) is 4.79 Å². The number of urea groups is 1.